The number of aromatic nitrogens is 1. The number of hydrogen-bond donors (Lipinski definition) is 1. The molecule has 0 aliphatic carbocycles. The first-order valence-electron chi connectivity index (χ1n) is 7.72. The van der Waals surface area contributed by atoms with Crippen molar-refractivity contribution in [3.63, 3.8) is 0 Å². The molecule has 0 unspecified atom stereocenters. The van der Waals surface area contributed by atoms with Gasteiger partial charge in [-0.25, -0.2) is 4.98 Å². The third-order valence-electron chi connectivity index (χ3n) is 3.18. The molecule has 2 rings (SSSR count). The van der Waals surface area contributed by atoms with Gasteiger partial charge in [-0.3, -0.25) is 0 Å². The van der Waals surface area contributed by atoms with E-state index in [-0.39, 0.29) is 0 Å². The second-order valence-corrected chi connectivity index (χ2v) is 4.90. The zero-order chi connectivity index (χ0) is 14.9. The monoisotopic (exact) mass is 288 g/mol. The lowest BCUT2D eigenvalue weighted by molar-refractivity contribution is 0.340. The number of hydrogen-bond acceptors (Lipinski definition) is 4. The molecule has 114 valence electrons. The van der Waals surface area contributed by atoms with Crippen LogP contribution in [-0.4, -0.2) is 24.7 Å². The number of nitrogens with zero attached hydrogens (tertiary/aromatic N) is 1. The molecule has 0 fully saturated rings. The Hall–Kier alpha value is -1.81. The fraction of sp³-hybridized carbons (Fsp3) is 0.471. The average Bonchev–Trinajstić information content (AvgIpc) is 2.97. The van der Waals surface area contributed by atoms with E-state index in [0.29, 0.717) is 6.61 Å². The van der Waals surface area contributed by atoms with Gasteiger partial charge in [0.05, 0.1) is 18.4 Å². The minimum atomic E-state index is 0.640. The van der Waals surface area contributed by atoms with Crippen molar-refractivity contribution in [2.45, 2.75) is 33.1 Å². The Bertz CT molecular complexity index is 537. The molecule has 0 bridgehead atoms. The van der Waals surface area contributed by atoms with Crippen LogP contribution in [0.3, 0.4) is 0 Å². The summed E-state index contributed by atoms with van der Waals surface area (Å²) in [6.45, 7) is 6.86. The highest BCUT2D eigenvalue weighted by atomic mass is 16.5. The molecule has 1 N–H and O–H groups in total. The van der Waals surface area contributed by atoms with Crippen LogP contribution < -0.4 is 10.1 Å². The standard InChI is InChI=1S/C17H24N2O2/c1-3-11-18-12-7-10-17-19-13-16(21-17)14-8-5-6-9-15(14)20-4-2/h5-6,8-9,13,18H,3-4,7,10-12H2,1-2H3. The fourth-order valence-corrected chi connectivity index (χ4v) is 2.17. The van der Waals surface area contributed by atoms with Gasteiger partial charge in [0.15, 0.2) is 11.7 Å². The van der Waals surface area contributed by atoms with Crippen molar-refractivity contribution in [3.05, 3.63) is 36.4 Å². The van der Waals surface area contributed by atoms with Crippen LogP contribution >= 0.6 is 0 Å². The maximum Gasteiger partial charge on any atom is 0.194 e. The molecule has 1 aromatic carbocycles. The molecule has 0 aliphatic heterocycles. The Morgan fingerprint density at radius 3 is 2.86 bits per heavy atom. The van der Waals surface area contributed by atoms with E-state index in [0.717, 1.165) is 55.3 Å². The van der Waals surface area contributed by atoms with E-state index in [1.807, 2.05) is 31.2 Å². The predicted molar refractivity (Wildman–Crippen MR) is 84.6 cm³/mol. The van der Waals surface area contributed by atoms with Gasteiger partial charge in [-0.2, -0.15) is 0 Å². The lowest BCUT2D eigenvalue weighted by Gasteiger charge is -2.07. The molecule has 21 heavy (non-hydrogen) atoms. The number of para-hydroxylation sites is 1. The largest absolute Gasteiger partial charge is 0.493 e. The van der Waals surface area contributed by atoms with Gasteiger partial charge in [0, 0.05) is 6.42 Å². The molecule has 1 aromatic heterocycles. The Kier molecular flexibility index (Phi) is 6.28. The van der Waals surface area contributed by atoms with Crippen molar-refractivity contribution >= 4 is 0 Å². The van der Waals surface area contributed by atoms with Crippen LogP contribution in [0.15, 0.2) is 34.9 Å². The maximum atomic E-state index is 5.84. The van der Waals surface area contributed by atoms with Crippen molar-refractivity contribution in [1.29, 1.82) is 0 Å². The van der Waals surface area contributed by atoms with E-state index in [1.54, 1.807) is 6.20 Å². The summed E-state index contributed by atoms with van der Waals surface area (Å²) in [7, 11) is 0. The van der Waals surface area contributed by atoms with Gasteiger partial charge in [-0.1, -0.05) is 19.1 Å². The third-order valence-corrected chi connectivity index (χ3v) is 3.18. The van der Waals surface area contributed by atoms with Gasteiger partial charge in [-0.15, -0.1) is 0 Å². The first kappa shape index (κ1) is 15.6. The lowest BCUT2D eigenvalue weighted by atomic mass is 10.1. The van der Waals surface area contributed by atoms with Crippen LogP contribution in [0.5, 0.6) is 5.75 Å². The van der Waals surface area contributed by atoms with Crippen molar-refractivity contribution in [3.8, 4) is 17.1 Å². The topological polar surface area (TPSA) is 47.3 Å². The molecule has 0 radical (unpaired) electrons. The fourth-order valence-electron chi connectivity index (χ4n) is 2.17. The molecule has 0 aliphatic rings. The first-order valence-corrected chi connectivity index (χ1v) is 7.72. The molecular weight excluding hydrogens is 264 g/mol. The normalized spacial score (nSPS) is 10.8. The molecule has 4 heteroatoms. The zero-order valence-electron chi connectivity index (χ0n) is 12.9. The molecule has 0 spiro atoms. The number of ether oxygens (including phenoxy) is 1. The molecule has 0 saturated carbocycles. The highest BCUT2D eigenvalue weighted by molar-refractivity contribution is 5.64. The molecule has 0 atom stereocenters. The number of benzene rings is 1. The van der Waals surface area contributed by atoms with Gasteiger partial charge in [0.25, 0.3) is 0 Å². The van der Waals surface area contributed by atoms with E-state index < -0.39 is 0 Å². The van der Waals surface area contributed by atoms with Crippen LogP contribution in [0.2, 0.25) is 0 Å². The van der Waals surface area contributed by atoms with Gasteiger partial charge >= 0.3 is 0 Å². The smallest absolute Gasteiger partial charge is 0.194 e. The quantitative estimate of drug-likeness (QED) is 0.715. The van der Waals surface area contributed by atoms with E-state index in [4.69, 9.17) is 9.15 Å². The second-order valence-electron chi connectivity index (χ2n) is 4.90. The summed E-state index contributed by atoms with van der Waals surface area (Å²) < 4.78 is 11.5. The molecule has 0 amide bonds. The lowest BCUT2D eigenvalue weighted by Crippen LogP contribution is -2.16. The highest BCUT2D eigenvalue weighted by Crippen LogP contribution is 2.30. The molecule has 4 nitrogen and oxygen atoms in total. The number of oxazole rings is 1. The number of nitrogens with one attached hydrogen (secondary N) is 1. The van der Waals surface area contributed by atoms with E-state index in [1.165, 1.54) is 0 Å². The van der Waals surface area contributed by atoms with Gasteiger partial charge in [-0.05, 0) is 45.0 Å². The predicted octanol–water partition coefficient (Wildman–Crippen LogP) is 3.67. The Morgan fingerprint density at radius 1 is 1.19 bits per heavy atom. The zero-order valence-corrected chi connectivity index (χ0v) is 12.9. The second kappa shape index (κ2) is 8.47. The van der Waals surface area contributed by atoms with Crippen molar-refractivity contribution in [2.24, 2.45) is 0 Å². The molecule has 0 saturated heterocycles. The Labute approximate surface area is 126 Å². The Morgan fingerprint density at radius 2 is 2.05 bits per heavy atom. The highest BCUT2D eigenvalue weighted by Gasteiger charge is 2.11. The molecule has 1 heterocycles. The Balaban J connectivity index is 1.96. The van der Waals surface area contributed by atoms with Crippen LogP contribution in [0.25, 0.3) is 11.3 Å². The number of rotatable bonds is 9. The number of aryl methyl sites for hydroxylation is 1. The van der Waals surface area contributed by atoms with E-state index in [2.05, 4.69) is 17.2 Å². The van der Waals surface area contributed by atoms with Crippen molar-refractivity contribution < 1.29 is 9.15 Å². The summed E-state index contributed by atoms with van der Waals surface area (Å²) >= 11 is 0. The summed E-state index contributed by atoms with van der Waals surface area (Å²) in [5.41, 5.74) is 0.960. The minimum Gasteiger partial charge on any atom is -0.493 e. The summed E-state index contributed by atoms with van der Waals surface area (Å²) in [6, 6.07) is 7.90. The summed E-state index contributed by atoms with van der Waals surface area (Å²) in [6.07, 6.45) is 4.84. The van der Waals surface area contributed by atoms with Crippen LogP contribution in [0, 0.1) is 0 Å². The van der Waals surface area contributed by atoms with Gasteiger partial charge in [0.2, 0.25) is 0 Å². The third kappa shape index (κ3) is 4.60. The van der Waals surface area contributed by atoms with Gasteiger partial charge in [0.1, 0.15) is 5.75 Å². The molecule has 2 aromatic rings. The van der Waals surface area contributed by atoms with Crippen molar-refractivity contribution in [1.82, 2.24) is 10.3 Å². The summed E-state index contributed by atoms with van der Waals surface area (Å²) in [4.78, 5) is 4.36. The van der Waals surface area contributed by atoms with Crippen LogP contribution in [0.4, 0.5) is 0 Å². The average molecular weight is 288 g/mol. The van der Waals surface area contributed by atoms with Crippen LogP contribution in [-0.2, 0) is 6.42 Å². The van der Waals surface area contributed by atoms with E-state index >= 15 is 0 Å². The maximum absolute atomic E-state index is 5.84. The van der Waals surface area contributed by atoms with Crippen LogP contribution in [0.1, 0.15) is 32.6 Å². The minimum absolute atomic E-state index is 0.640. The van der Waals surface area contributed by atoms with Crippen molar-refractivity contribution in [2.75, 3.05) is 19.7 Å². The summed E-state index contributed by atoms with van der Waals surface area (Å²) in [5, 5.41) is 3.38. The molecular formula is C17H24N2O2. The van der Waals surface area contributed by atoms with Gasteiger partial charge < -0.3 is 14.5 Å². The first-order chi connectivity index (χ1) is 10.3. The SMILES string of the molecule is CCCNCCCc1ncc(-c2ccccc2OCC)o1. The summed E-state index contributed by atoms with van der Waals surface area (Å²) in [5.74, 6) is 2.40. The van der Waals surface area contributed by atoms with E-state index in [9.17, 15) is 0 Å².